The van der Waals surface area contributed by atoms with E-state index in [1.54, 1.807) is 9.80 Å². The van der Waals surface area contributed by atoms with Gasteiger partial charge in [-0.05, 0) is 43.4 Å². The highest BCUT2D eigenvalue weighted by Crippen LogP contribution is 2.25. The first-order valence-electron chi connectivity index (χ1n) is 9.53. The first kappa shape index (κ1) is 19.2. The zero-order chi connectivity index (χ0) is 19.6. The van der Waals surface area contributed by atoms with Crippen LogP contribution in [0.4, 0.5) is 10.5 Å². The Labute approximate surface area is 159 Å². The second-order valence-corrected chi connectivity index (χ2v) is 7.69. The summed E-state index contributed by atoms with van der Waals surface area (Å²) < 4.78 is 0. The highest BCUT2D eigenvalue weighted by atomic mass is 16.4. The molecular weight excluding hydrogens is 346 g/mol. The van der Waals surface area contributed by atoms with Gasteiger partial charge in [-0.2, -0.15) is 0 Å². The van der Waals surface area contributed by atoms with Crippen LogP contribution in [0.1, 0.15) is 44.7 Å². The van der Waals surface area contributed by atoms with Crippen molar-refractivity contribution < 1.29 is 19.5 Å². The highest BCUT2D eigenvalue weighted by Gasteiger charge is 2.32. The number of amides is 3. The fourth-order valence-corrected chi connectivity index (χ4v) is 3.92. The summed E-state index contributed by atoms with van der Waals surface area (Å²) in [7, 11) is 0. The monoisotopic (exact) mass is 373 g/mol. The first-order valence-corrected chi connectivity index (χ1v) is 9.53. The van der Waals surface area contributed by atoms with Gasteiger partial charge in [0, 0.05) is 31.7 Å². The van der Waals surface area contributed by atoms with Crippen LogP contribution in [0.15, 0.2) is 24.3 Å². The van der Waals surface area contributed by atoms with Crippen LogP contribution in [-0.2, 0) is 9.59 Å². The van der Waals surface area contributed by atoms with Gasteiger partial charge in [-0.1, -0.05) is 19.1 Å². The molecule has 27 heavy (non-hydrogen) atoms. The minimum Gasteiger partial charge on any atom is -0.481 e. The molecule has 3 rings (SSSR count). The number of carboxylic acids is 1. The summed E-state index contributed by atoms with van der Waals surface area (Å²) in [5.74, 6) is -1.04. The van der Waals surface area contributed by atoms with Crippen molar-refractivity contribution in [2.24, 2.45) is 11.8 Å². The molecule has 3 unspecified atom stereocenters. The molecule has 0 bridgehead atoms. The third-order valence-electron chi connectivity index (χ3n) is 5.41. The lowest BCUT2D eigenvalue weighted by Crippen LogP contribution is -2.49. The molecule has 1 aromatic carbocycles. The second-order valence-electron chi connectivity index (χ2n) is 7.69. The van der Waals surface area contributed by atoms with Gasteiger partial charge in [0.2, 0.25) is 5.91 Å². The Morgan fingerprint density at radius 3 is 2.52 bits per heavy atom. The second kappa shape index (κ2) is 7.98. The van der Waals surface area contributed by atoms with Crippen molar-refractivity contribution in [3.05, 3.63) is 29.8 Å². The molecule has 7 heteroatoms. The Morgan fingerprint density at radius 1 is 1.22 bits per heavy atom. The summed E-state index contributed by atoms with van der Waals surface area (Å²) in [5.41, 5.74) is 1.83. The van der Waals surface area contributed by atoms with Crippen molar-refractivity contribution in [3.63, 3.8) is 0 Å². The Bertz CT molecular complexity index is 718. The van der Waals surface area contributed by atoms with E-state index in [9.17, 15) is 19.5 Å². The van der Waals surface area contributed by atoms with E-state index in [0.29, 0.717) is 19.4 Å². The lowest BCUT2D eigenvalue weighted by atomic mass is 9.91. The number of carbonyl (C=O) groups is 3. The van der Waals surface area contributed by atoms with E-state index in [0.717, 1.165) is 24.2 Å². The van der Waals surface area contributed by atoms with Crippen LogP contribution in [-0.4, -0.2) is 47.5 Å². The molecule has 1 aromatic rings. The molecule has 3 atom stereocenters. The molecular formula is C20H27N3O4. The number of nitrogens with zero attached hydrogens (tertiary/aromatic N) is 2. The van der Waals surface area contributed by atoms with E-state index in [1.165, 1.54) is 0 Å². The molecule has 0 aliphatic carbocycles. The Kier molecular flexibility index (Phi) is 5.68. The number of carbonyl (C=O) groups excluding carboxylic acids is 2. The number of benzene rings is 1. The summed E-state index contributed by atoms with van der Waals surface area (Å²) in [6, 6.07) is 7.21. The van der Waals surface area contributed by atoms with Crippen LogP contribution in [0.2, 0.25) is 0 Å². The Balaban J connectivity index is 1.61. The number of rotatable bonds is 4. The van der Waals surface area contributed by atoms with Gasteiger partial charge < -0.3 is 20.2 Å². The first-order chi connectivity index (χ1) is 12.8. The molecule has 2 aliphatic rings. The fourth-order valence-electron chi connectivity index (χ4n) is 3.92. The van der Waals surface area contributed by atoms with Crippen molar-refractivity contribution in [1.29, 1.82) is 0 Å². The highest BCUT2D eigenvalue weighted by molar-refractivity contribution is 5.95. The minimum atomic E-state index is -0.848. The number of likely N-dealkylation sites (tertiary alicyclic amines) is 1. The number of hydrogen-bond donors (Lipinski definition) is 2. The molecule has 3 amide bonds. The normalized spacial score (nSPS) is 24.0. The van der Waals surface area contributed by atoms with Crippen molar-refractivity contribution >= 4 is 23.6 Å². The van der Waals surface area contributed by atoms with E-state index in [1.807, 2.05) is 38.1 Å². The largest absolute Gasteiger partial charge is 0.481 e. The van der Waals surface area contributed by atoms with Gasteiger partial charge in [-0.3, -0.25) is 9.59 Å². The fraction of sp³-hybridized carbons (Fsp3) is 0.550. The van der Waals surface area contributed by atoms with E-state index >= 15 is 0 Å². The van der Waals surface area contributed by atoms with Crippen LogP contribution < -0.4 is 10.2 Å². The summed E-state index contributed by atoms with van der Waals surface area (Å²) in [6.07, 6.45) is 2.09. The van der Waals surface area contributed by atoms with Gasteiger partial charge in [0.25, 0.3) is 0 Å². The average molecular weight is 373 g/mol. The topological polar surface area (TPSA) is 89.9 Å². The number of aliphatic carboxylic acids is 1. The zero-order valence-electron chi connectivity index (χ0n) is 15.9. The summed E-state index contributed by atoms with van der Waals surface area (Å²) in [5, 5.41) is 12.2. The standard InChI is InChI=1S/C20H27N3O4/c1-13-10-16(19(25)26)12-22(11-13)20(27)21-14(2)15-5-7-17(8-6-15)23-9-3-4-18(23)24/h5-8,13-14,16H,3-4,9-12H2,1-2H3,(H,21,27)(H,25,26). The molecule has 2 aliphatic heterocycles. The lowest BCUT2D eigenvalue weighted by Gasteiger charge is -2.35. The van der Waals surface area contributed by atoms with Crippen LogP contribution in [0.5, 0.6) is 0 Å². The van der Waals surface area contributed by atoms with E-state index < -0.39 is 11.9 Å². The smallest absolute Gasteiger partial charge is 0.317 e. The lowest BCUT2D eigenvalue weighted by molar-refractivity contribution is -0.143. The molecule has 0 aromatic heterocycles. The van der Waals surface area contributed by atoms with Gasteiger partial charge in [0.05, 0.1) is 12.0 Å². The zero-order valence-corrected chi connectivity index (χ0v) is 15.9. The van der Waals surface area contributed by atoms with Gasteiger partial charge in [-0.25, -0.2) is 4.79 Å². The van der Waals surface area contributed by atoms with Crippen molar-refractivity contribution in [2.45, 2.75) is 39.2 Å². The van der Waals surface area contributed by atoms with E-state index in [4.69, 9.17) is 0 Å². The average Bonchev–Trinajstić information content (AvgIpc) is 3.07. The summed E-state index contributed by atoms with van der Waals surface area (Å²) in [4.78, 5) is 39.1. The van der Waals surface area contributed by atoms with E-state index in [2.05, 4.69) is 5.32 Å². The number of carboxylic acid groups (broad SMARTS) is 1. The number of anilines is 1. The van der Waals surface area contributed by atoms with E-state index in [-0.39, 0.29) is 30.4 Å². The Morgan fingerprint density at radius 2 is 1.93 bits per heavy atom. The molecule has 2 heterocycles. The molecule has 7 nitrogen and oxygen atoms in total. The van der Waals surface area contributed by atoms with Crippen LogP contribution >= 0.6 is 0 Å². The maximum atomic E-state index is 12.6. The summed E-state index contributed by atoms with van der Waals surface area (Å²) >= 11 is 0. The summed E-state index contributed by atoms with van der Waals surface area (Å²) in [6.45, 7) is 5.43. The molecule has 0 radical (unpaired) electrons. The molecule has 146 valence electrons. The molecule has 2 N–H and O–H groups in total. The minimum absolute atomic E-state index is 0.149. The maximum absolute atomic E-state index is 12.6. The van der Waals surface area contributed by atoms with Crippen LogP contribution in [0.25, 0.3) is 0 Å². The number of hydrogen-bond acceptors (Lipinski definition) is 3. The third kappa shape index (κ3) is 4.40. The maximum Gasteiger partial charge on any atom is 0.317 e. The third-order valence-corrected chi connectivity index (χ3v) is 5.41. The van der Waals surface area contributed by atoms with Gasteiger partial charge in [-0.15, -0.1) is 0 Å². The number of piperidine rings is 1. The van der Waals surface area contributed by atoms with Crippen LogP contribution in [0, 0.1) is 11.8 Å². The van der Waals surface area contributed by atoms with Crippen LogP contribution in [0.3, 0.4) is 0 Å². The van der Waals surface area contributed by atoms with Gasteiger partial charge in [0.15, 0.2) is 0 Å². The molecule has 0 saturated carbocycles. The quantitative estimate of drug-likeness (QED) is 0.849. The van der Waals surface area contributed by atoms with Gasteiger partial charge in [0.1, 0.15) is 0 Å². The predicted molar refractivity (Wildman–Crippen MR) is 101 cm³/mol. The number of nitrogens with one attached hydrogen (secondary N) is 1. The predicted octanol–water partition coefficient (Wildman–Crippen LogP) is 2.63. The van der Waals surface area contributed by atoms with Crippen molar-refractivity contribution in [1.82, 2.24) is 10.2 Å². The molecule has 2 saturated heterocycles. The molecule has 0 spiro atoms. The molecule has 2 fully saturated rings. The van der Waals surface area contributed by atoms with Crippen molar-refractivity contribution in [2.75, 3.05) is 24.5 Å². The van der Waals surface area contributed by atoms with Crippen molar-refractivity contribution in [3.8, 4) is 0 Å². The number of urea groups is 1. The SMILES string of the molecule is CC1CC(C(=O)O)CN(C(=O)NC(C)c2ccc(N3CCCC3=O)cc2)C1. The Hall–Kier alpha value is -2.57. The van der Waals surface area contributed by atoms with Gasteiger partial charge >= 0.3 is 12.0 Å².